The zero-order valence-corrected chi connectivity index (χ0v) is 12.2. The van der Waals surface area contributed by atoms with Crippen LogP contribution in [0.15, 0.2) is 40.9 Å². The normalized spacial score (nSPS) is 10.4. The van der Waals surface area contributed by atoms with Crippen LogP contribution < -0.4 is 5.32 Å². The maximum absolute atomic E-state index is 9.34. The lowest BCUT2D eigenvalue weighted by Crippen LogP contribution is -2.00. The van der Waals surface area contributed by atoms with Crippen molar-refractivity contribution in [2.24, 2.45) is 0 Å². The molecule has 94 valence electrons. The highest BCUT2D eigenvalue weighted by Gasteiger charge is 2.01. The lowest BCUT2D eigenvalue weighted by atomic mass is 10.1. The van der Waals surface area contributed by atoms with E-state index in [1.54, 1.807) is 12.1 Å². The number of aromatic hydroxyl groups is 1. The van der Waals surface area contributed by atoms with Gasteiger partial charge in [-0.2, -0.15) is 0 Å². The molecule has 0 fully saturated rings. The molecular weight excluding hydrogens is 314 g/mol. The lowest BCUT2D eigenvalue weighted by molar-refractivity contribution is 0.475. The van der Waals surface area contributed by atoms with Gasteiger partial charge in [-0.05, 0) is 64.3 Å². The van der Waals surface area contributed by atoms with Gasteiger partial charge >= 0.3 is 0 Å². The van der Waals surface area contributed by atoms with E-state index in [0.717, 1.165) is 21.3 Å². The molecule has 0 amide bonds. The molecule has 18 heavy (non-hydrogen) atoms. The third-order valence-corrected chi connectivity index (χ3v) is 3.91. The first-order chi connectivity index (χ1) is 8.56. The molecule has 0 spiro atoms. The van der Waals surface area contributed by atoms with Crippen LogP contribution >= 0.6 is 27.5 Å². The van der Waals surface area contributed by atoms with Crippen molar-refractivity contribution in [3.8, 4) is 5.75 Å². The molecule has 0 aliphatic carbocycles. The van der Waals surface area contributed by atoms with Gasteiger partial charge in [0, 0.05) is 16.7 Å². The van der Waals surface area contributed by atoms with Crippen LogP contribution in [0.2, 0.25) is 5.02 Å². The Bertz CT molecular complexity index is 572. The van der Waals surface area contributed by atoms with E-state index in [4.69, 9.17) is 11.6 Å². The van der Waals surface area contributed by atoms with E-state index in [-0.39, 0.29) is 5.75 Å². The standard InChI is InChI=1S/C14H13BrClNO/c1-9-6-11(18)3-5-14(9)17-8-10-2-4-12(15)13(16)7-10/h2-7,17-18H,8H2,1H3. The van der Waals surface area contributed by atoms with Crippen molar-refractivity contribution in [2.45, 2.75) is 13.5 Å². The second kappa shape index (κ2) is 5.63. The second-order valence-electron chi connectivity index (χ2n) is 4.10. The van der Waals surface area contributed by atoms with E-state index in [2.05, 4.69) is 21.2 Å². The third-order valence-electron chi connectivity index (χ3n) is 2.68. The third kappa shape index (κ3) is 3.18. The number of anilines is 1. The largest absolute Gasteiger partial charge is 0.508 e. The van der Waals surface area contributed by atoms with Gasteiger partial charge in [0.15, 0.2) is 0 Å². The van der Waals surface area contributed by atoms with E-state index in [1.165, 1.54) is 0 Å². The van der Waals surface area contributed by atoms with Crippen LogP contribution in [0.4, 0.5) is 5.69 Å². The molecule has 0 aliphatic rings. The Balaban J connectivity index is 2.09. The van der Waals surface area contributed by atoms with Crippen molar-refractivity contribution < 1.29 is 5.11 Å². The smallest absolute Gasteiger partial charge is 0.115 e. The van der Waals surface area contributed by atoms with Crippen LogP contribution in [-0.2, 0) is 6.54 Å². The maximum atomic E-state index is 9.34. The van der Waals surface area contributed by atoms with Crippen LogP contribution in [0.3, 0.4) is 0 Å². The van der Waals surface area contributed by atoms with Gasteiger partial charge in [-0.3, -0.25) is 0 Å². The number of hydrogen-bond donors (Lipinski definition) is 2. The van der Waals surface area contributed by atoms with Crippen molar-refractivity contribution in [3.05, 3.63) is 57.0 Å². The maximum Gasteiger partial charge on any atom is 0.115 e. The molecule has 0 heterocycles. The van der Waals surface area contributed by atoms with Crippen LogP contribution in [0.25, 0.3) is 0 Å². The summed E-state index contributed by atoms with van der Waals surface area (Å²) in [7, 11) is 0. The predicted molar refractivity (Wildman–Crippen MR) is 79.3 cm³/mol. The molecular formula is C14H13BrClNO. The summed E-state index contributed by atoms with van der Waals surface area (Å²) in [6.07, 6.45) is 0. The zero-order chi connectivity index (χ0) is 13.1. The number of benzene rings is 2. The Morgan fingerprint density at radius 1 is 1.22 bits per heavy atom. The highest BCUT2D eigenvalue weighted by molar-refractivity contribution is 9.10. The van der Waals surface area contributed by atoms with Gasteiger partial charge in [-0.15, -0.1) is 0 Å². The first kappa shape index (κ1) is 13.2. The van der Waals surface area contributed by atoms with Gasteiger partial charge in [-0.1, -0.05) is 17.7 Å². The Morgan fingerprint density at radius 2 is 2.00 bits per heavy atom. The number of halogens is 2. The summed E-state index contributed by atoms with van der Waals surface area (Å²) in [4.78, 5) is 0. The summed E-state index contributed by atoms with van der Waals surface area (Å²) in [5.74, 6) is 0.282. The first-order valence-electron chi connectivity index (χ1n) is 5.53. The fourth-order valence-corrected chi connectivity index (χ4v) is 2.14. The minimum absolute atomic E-state index is 0.282. The van der Waals surface area contributed by atoms with E-state index < -0.39 is 0 Å². The fourth-order valence-electron chi connectivity index (χ4n) is 1.69. The molecule has 0 aromatic heterocycles. The number of rotatable bonds is 3. The van der Waals surface area contributed by atoms with Crippen molar-refractivity contribution in [2.75, 3.05) is 5.32 Å². The lowest BCUT2D eigenvalue weighted by Gasteiger charge is -2.10. The highest BCUT2D eigenvalue weighted by Crippen LogP contribution is 2.24. The molecule has 0 aliphatic heterocycles. The Labute approximate surface area is 120 Å². The highest BCUT2D eigenvalue weighted by atomic mass is 79.9. The molecule has 4 heteroatoms. The minimum atomic E-state index is 0.282. The van der Waals surface area contributed by atoms with Crippen molar-refractivity contribution in [3.63, 3.8) is 0 Å². The molecule has 0 saturated carbocycles. The Morgan fingerprint density at radius 3 is 2.67 bits per heavy atom. The minimum Gasteiger partial charge on any atom is -0.508 e. The summed E-state index contributed by atoms with van der Waals surface area (Å²) < 4.78 is 0.897. The van der Waals surface area contributed by atoms with Crippen molar-refractivity contribution in [1.29, 1.82) is 0 Å². The van der Waals surface area contributed by atoms with Gasteiger partial charge in [0.1, 0.15) is 5.75 Å². The van der Waals surface area contributed by atoms with Gasteiger partial charge < -0.3 is 10.4 Å². The summed E-state index contributed by atoms with van der Waals surface area (Å²) >= 11 is 9.40. The van der Waals surface area contributed by atoms with Crippen LogP contribution in [0, 0.1) is 6.92 Å². The second-order valence-corrected chi connectivity index (χ2v) is 5.36. The molecule has 0 radical (unpaired) electrons. The zero-order valence-electron chi connectivity index (χ0n) is 9.87. The quantitative estimate of drug-likeness (QED) is 0.799. The molecule has 0 saturated heterocycles. The van der Waals surface area contributed by atoms with Gasteiger partial charge in [0.25, 0.3) is 0 Å². The SMILES string of the molecule is Cc1cc(O)ccc1NCc1ccc(Br)c(Cl)c1. The van der Waals surface area contributed by atoms with Gasteiger partial charge in [0.05, 0.1) is 5.02 Å². The number of nitrogens with one attached hydrogen (secondary N) is 1. The molecule has 2 aromatic rings. The first-order valence-corrected chi connectivity index (χ1v) is 6.71. The number of aryl methyl sites for hydroxylation is 1. The summed E-state index contributed by atoms with van der Waals surface area (Å²) in [6.45, 7) is 2.65. The van der Waals surface area contributed by atoms with E-state index >= 15 is 0 Å². The molecule has 0 unspecified atom stereocenters. The Hall–Kier alpha value is -1.19. The van der Waals surface area contributed by atoms with Gasteiger partial charge in [0.2, 0.25) is 0 Å². The molecule has 2 aromatic carbocycles. The number of phenols is 1. The predicted octanol–water partition coefficient (Wildman–Crippen LogP) is 4.73. The molecule has 2 nitrogen and oxygen atoms in total. The average molecular weight is 327 g/mol. The topological polar surface area (TPSA) is 32.3 Å². The Kier molecular flexibility index (Phi) is 4.15. The average Bonchev–Trinajstić information content (AvgIpc) is 2.32. The fraction of sp³-hybridized carbons (Fsp3) is 0.143. The number of hydrogen-bond acceptors (Lipinski definition) is 2. The summed E-state index contributed by atoms with van der Waals surface area (Å²) in [6, 6.07) is 11.1. The van der Waals surface area contributed by atoms with E-state index in [1.807, 2.05) is 31.2 Å². The molecule has 0 bridgehead atoms. The monoisotopic (exact) mass is 325 g/mol. The van der Waals surface area contributed by atoms with E-state index in [0.29, 0.717) is 11.6 Å². The van der Waals surface area contributed by atoms with E-state index in [9.17, 15) is 5.11 Å². The number of phenolic OH excluding ortho intramolecular Hbond substituents is 1. The summed E-state index contributed by atoms with van der Waals surface area (Å²) in [5.41, 5.74) is 3.13. The van der Waals surface area contributed by atoms with Crippen molar-refractivity contribution in [1.82, 2.24) is 0 Å². The van der Waals surface area contributed by atoms with Gasteiger partial charge in [-0.25, -0.2) is 0 Å². The molecule has 2 rings (SSSR count). The van der Waals surface area contributed by atoms with Crippen LogP contribution in [0.5, 0.6) is 5.75 Å². The molecule has 2 N–H and O–H groups in total. The van der Waals surface area contributed by atoms with Crippen LogP contribution in [0.1, 0.15) is 11.1 Å². The van der Waals surface area contributed by atoms with Crippen LogP contribution in [-0.4, -0.2) is 5.11 Å². The summed E-state index contributed by atoms with van der Waals surface area (Å²) in [5, 5.41) is 13.4. The molecule has 0 atom stereocenters. The van der Waals surface area contributed by atoms with Crippen molar-refractivity contribution >= 4 is 33.2 Å².